The molecule has 0 bridgehead atoms. The molecule has 0 saturated heterocycles. The van der Waals surface area contributed by atoms with Crippen LogP contribution in [0.1, 0.15) is 74.9 Å². The molecule has 0 heterocycles. The first-order chi connectivity index (χ1) is 18.2. The average Bonchev–Trinajstić information content (AvgIpc) is 2.84. The molecule has 3 unspecified atom stereocenters. The lowest BCUT2D eigenvalue weighted by molar-refractivity contribution is -0.141. The van der Waals surface area contributed by atoms with E-state index in [-0.39, 0.29) is 24.3 Å². The van der Waals surface area contributed by atoms with E-state index in [1.807, 2.05) is 77.9 Å². The van der Waals surface area contributed by atoms with Crippen LogP contribution in [0.4, 0.5) is 10.5 Å². The highest BCUT2D eigenvalue weighted by Crippen LogP contribution is 2.30. The zero-order chi connectivity index (χ0) is 29.5. The number of nitrogens with zero attached hydrogens (tertiary/aromatic N) is 1. The van der Waals surface area contributed by atoms with Crippen molar-refractivity contribution in [1.29, 1.82) is 0 Å². The maximum atomic E-state index is 14.3. The molecule has 2 aromatic rings. The minimum Gasteiger partial charge on any atom is -0.444 e. The third-order valence-electron chi connectivity index (χ3n) is 6.78. The zero-order valence-corrected chi connectivity index (χ0v) is 25.0. The van der Waals surface area contributed by atoms with Crippen molar-refractivity contribution in [3.63, 3.8) is 0 Å². The molecule has 3 amide bonds. The van der Waals surface area contributed by atoms with Gasteiger partial charge >= 0.3 is 6.09 Å². The Bertz CT molecular complexity index is 1180. The van der Waals surface area contributed by atoms with Crippen molar-refractivity contribution < 1.29 is 19.1 Å². The Balaban J connectivity index is 2.63. The first-order valence-corrected chi connectivity index (χ1v) is 13.5. The second-order valence-corrected chi connectivity index (χ2v) is 11.3. The molecule has 2 aromatic carbocycles. The number of aryl methyl sites for hydroxylation is 4. The molecule has 7 nitrogen and oxygen atoms in total. The number of anilines is 1. The Kier molecular flexibility index (Phi) is 10.9. The minimum absolute atomic E-state index is 0.111. The molecule has 0 aliphatic heterocycles. The van der Waals surface area contributed by atoms with E-state index in [0.29, 0.717) is 17.7 Å². The summed E-state index contributed by atoms with van der Waals surface area (Å²) in [7, 11) is 0. The van der Waals surface area contributed by atoms with Crippen LogP contribution in [0.3, 0.4) is 0 Å². The third kappa shape index (κ3) is 8.44. The number of benzene rings is 2. The van der Waals surface area contributed by atoms with Gasteiger partial charge in [0.1, 0.15) is 17.7 Å². The van der Waals surface area contributed by atoms with Gasteiger partial charge in [0.25, 0.3) is 5.91 Å². The minimum atomic E-state index is -0.957. The first kappa shape index (κ1) is 31.6. The van der Waals surface area contributed by atoms with E-state index in [9.17, 15) is 14.4 Å². The smallest absolute Gasteiger partial charge is 0.408 e. The zero-order valence-electron chi connectivity index (χ0n) is 25.0. The summed E-state index contributed by atoms with van der Waals surface area (Å²) >= 11 is 0. The van der Waals surface area contributed by atoms with E-state index in [1.54, 1.807) is 26.8 Å². The lowest BCUT2D eigenvalue weighted by Crippen LogP contribution is -2.54. The molecule has 0 aliphatic carbocycles. The highest BCUT2D eigenvalue weighted by atomic mass is 16.6. The van der Waals surface area contributed by atoms with Gasteiger partial charge in [-0.25, -0.2) is 4.79 Å². The van der Waals surface area contributed by atoms with Crippen molar-refractivity contribution in [3.8, 4) is 0 Å². The molecule has 0 spiro atoms. The van der Waals surface area contributed by atoms with Crippen molar-refractivity contribution in [2.75, 3.05) is 11.9 Å². The van der Waals surface area contributed by atoms with Gasteiger partial charge < -0.3 is 20.3 Å². The molecule has 0 radical (unpaired) electrons. The van der Waals surface area contributed by atoms with Gasteiger partial charge in [-0.3, -0.25) is 9.59 Å². The molecule has 0 saturated carbocycles. The number of carbonyl (C=O) groups is 3. The van der Waals surface area contributed by atoms with Crippen LogP contribution < -0.4 is 10.6 Å². The summed E-state index contributed by atoms with van der Waals surface area (Å²) in [6, 6.07) is 9.82. The van der Waals surface area contributed by atoms with Crippen molar-refractivity contribution in [2.45, 2.75) is 86.4 Å². The summed E-state index contributed by atoms with van der Waals surface area (Å²) in [6.45, 7) is 20.9. The van der Waals surface area contributed by atoms with Crippen LogP contribution in [-0.2, 0) is 14.3 Å². The van der Waals surface area contributed by atoms with Gasteiger partial charge in [-0.2, -0.15) is 0 Å². The molecule has 0 aromatic heterocycles. The number of alkyl carbamates (subject to hydrolysis) is 1. The first-order valence-electron chi connectivity index (χ1n) is 13.5. The highest BCUT2D eigenvalue weighted by molar-refractivity contribution is 6.00. The number of para-hydroxylation sites is 1. The van der Waals surface area contributed by atoms with Gasteiger partial charge in [-0.15, -0.1) is 6.58 Å². The van der Waals surface area contributed by atoms with Crippen LogP contribution in [-0.4, -0.2) is 41.0 Å². The van der Waals surface area contributed by atoms with Gasteiger partial charge in [0.2, 0.25) is 5.91 Å². The Labute approximate surface area is 234 Å². The van der Waals surface area contributed by atoms with Gasteiger partial charge in [-0.1, -0.05) is 68.3 Å². The Morgan fingerprint density at radius 2 is 1.64 bits per heavy atom. The fourth-order valence-electron chi connectivity index (χ4n) is 4.47. The van der Waals surface area contributed by atoms with Gasteiger partial charge in [0.15, 0.2) is 0 Å². The van der Waals surface area contributed by atoms with Crippen molar-refractivity contribution in [3.05, 3.63) is 76.9 Å². The molecule has 0 aliphatic rings. The molecule has 7 heteroatoms. The molecule has 0 fully saturated rings. The van der Waals surface area contributed by atoms with E-state index in [1.165, 1.54) is 4.90 Å². The fraction of sp³-hybridized carbons (Fsp3) is 0.469. The van der Waals surface area contributed by atoms with Gasteiger partial charge in [0.05, 0.1) is 0 Å². The second kappa shape index (κ2) is 13.5. The van der Waals surface area contributed by atoms with E-state index in [4.69, 9.17) is 4.74 Å². The molecule has 39 heavy (non-hydrogen) atoms. The Morgan fingerprint density at radius 3 is 2.18 bits per heavy atom. The molecular weight excluding hydrogens is 490 g/mol. The largest absolute Gasteiger partial charge is 0.444 e. The number of amides is 3. The van der Waals surface area contributed by atoms with Crippen molar-refractivity contribution >= 4 is 23.6 Å². The summed E-state index contributed by atoms with van der Waals surface area (Å²) in [5.74, 6) is -0.924. The lowest BCUT2D eigenvalue weighted by atomic mass is 9.93. The molecule has 3 atom stereocenters. The van der Waals surface area contributed by atoms with E-state index in [0.717, 1.165) is 22.3 Å². The topological polar surface area (TPSA) is 87.7 Å². The fourth-order valence-corrected chi connectivity index (χ4v) is 4.47. The SMILES string of the molecule is C=CCN(C(=O)C(NC(=O)OC(C)(C)C)C(C)CC)C(C(=O)Nc1c(C)cccc1C)c1cc(C)ccc1C. The van der Waals surface area contributed by atoms with E-state index >= 15 is 0 Å². The quantitative estimate of drug-likeness (QED) is 0.338. The second-order valence-electron chi connectivity index (χ2n) is 11.3. The summed E-state index contributed by atoms with van der Waals surface area (Å²) in [5, 5.41) is 5.88. The Hall–Kier alpha value is -3.61. The number of ether oxygens (including phenoxy) is 1. The standard InChI is InChI=1S/C32H45N3O4/c1-11-18-35(30(37)27(21(4)12-2)34-31(38)39-32(8,9)10)28(25-19-20(3)16-17-22(25)5)29(36)33-26-23(6)14-13-15-24(26)7/h11,13-17,19,21,27-28H,1,12,18H2,2-10H3,(H,33,36)(H,34,38). The van der Waals surface area contributed by atoms with Crippen molar-refractivity contribution in [1.82, 2.24) is 10.2 Å². The summed E-state index contributed by atoms with van der Waals surface area (Å²) in [4.78, 5) is 42.7. The van der Waals surface area contributed by atoms with Crippen molar-refractivity contribution in [2.24, 2.45) is 5.92 Å². The predicted octanol–water partition coefficient (Wildman–Crippen LogP) is 6.55. The lowest BCUT2D eigenvalue weighted by Gasteiger charge is -2.36. The van der Waals surface area contributed by atoms with E-state index < -0.39 is 23.8 Å². The number of hydrogen-bond acceptors (Lipinski definition) is 4. The highest BCUT2D eigenvalue weighted by Gasteiger charge is 2.38. The van der Waals surface area contributed by atoms with Crippen LogP contribution in [0, 0.1) is 33.6 Å². The summed E-state index contributed by atoms with van der Waals surface area (Å²) in [6.07, 6.45) is 1.56. The molecular formula is C32H45N3O4. The van der Waals surface area contributed by atoms with Gasteiger partial charge in [-0.05, 0) is 76.6 Å². The van der Waals surface area contributed by atoms with Crippen LogP contribution in [0.2, 0.25) is 0 Å². The normalized spacial score (nSPS) is 13.6. The van der Waals surface area contributed by atoms with E-state index in [2.05, 4.69) is 17.2 Å². The number of carbonyl (C=O) groups excluding carboxylic acids is 3. The van der Waals surface area contributed by atoms with Crippen LogP contribution in [0.15, 0.2) is 49.1 Å². The number of hydrogen-bond donors (Lipinski definition) is 2. The monoisotopic (exact) mass is 535 g/mol. The maximum Gasteiger partial charge on any atom is 0.408 e. The van der Waals surface area contributed by atoms with Crippen LogP contribution in [0.5, 0.6) is 0 Å². The third-order valence-corrected chi connectivity index (χ3v) is 6.78. The predicted molar refractivity (Wildman–Crippen MR) is 158 cm³/mol. The van der Waals surface area contributed by atoms with Crippen LogP contribution in [0.25, 0.3) is 0 Å². The molecule has 2 rings (SSSR count). The summed E-state index contributed by atoms with van der Waals surface area (Å²) in [5.41, 5.74) is 4.41. The van der Waals surface area contributed by atoms with Gasteiger partial charge in [0, 0.05) is 12.2 Å². The number of rotatable bonds is 10. The van der Waals surface area contributed by atoms with Crippen LogP contribution >= 0.6 is 0 Å². The maximum absolute atomic E-state index is 14.3. The number of nitrogens with one attached hydrogen (secondary N) is 2. The Morgan fingerprint density at radius 1 is 1.03 bits per heavy atom. The average molecular weight is 536 g/mol. The molecule has 2 N–H and O–H groups in total. The molecule has 212 valence electrons. The summed E-state index contributed by atoms with van der Waals surface area (Å²) < 4.78 is 5.47.